The van der Waals surface area contributed by atoms with Crippen LogP contribution in [0, 0.1) is 5.92 Å². The van der Waals surface area contributed by atoms with E-state index in [9.17, 15) is 24.9 Å². The van der Waals surface area contributed by atoms with Gasteiger partial charge in [-0.15, -0.1) is 0 Å². The molecule has 1 saturated heterocycles. The number of amides is 1. The largest absolute Gasteiger partial charge is 0.481 e. The highest BCUT2D eigenvalue weighted by atomic mass is 16.7. The van der Waals surface area contributed by atoms with Gasteiger partial charge in [-0.1, -0.05) is 6.92 Å². The van der Waals surface area contributed by atoms with Crippen molar-refractivity contribution in [2.45, 2.75) is 50.5 Å². The number of nitrogens with one attached hydrogen (secondary N) is 1. The first kappa shape index (κ1) is 23.7. The van der Waals surface area contributed by atoms with E-state index in [1.807, 2.05) is 0 Å². The van der Waals surface area contributed by atoms with E-state index in [2.05, 4.69) is 5.32 Å². The summed E-state index contributed by atoms with van der Waals surface area (Å²) in [7, 11) is 0. The van der Waals surface area contributed by atoms with E-state index in [1.54, 1.807) is 6.92 Å². The number of hydrogen-bond acceptors (Lipinski definition) is 9. The van der Waals surface area contributed by atoms with E-state index >= 15 is 0 Å². The second-order valence-corrected chi connectivity index (χ2v) is 6.30. The zero-order valence-corrected chi connectivity index (χ0v) is 15.2. The van der Waals surface area contributed by atoms with Gasteiger partial charge in [-0.3, -0.25) is 9.59 Å². The van der Waals surface area contributed by atoms with Crippen LogP contribution < -0.4 is 5.32 Å². The standard InChI is InChI=1S/C16H29NO10/c1-9(2-3-11(19)20)15(23)17-4-5-25-6-7-26-14-13(22)12(21)10(8-18)27-16(14)24/h9-10,12-14,16,18,21-22,24H,2-8H2,1H3,(H,17,23)(H,19,20)/t9?,10?,12-,13+,14?,16-/m1/s1. The molecule has 6 N–H and O–H groups in total. The first-order valence-corrected chi connectivity index (χ1v) is 8.77. The number of carboxylic acids is 1. The summed E-state index contributed by atoms with van der Waals surface area (Å²) in [6, 6.07) is 0. The Bertz CT molecular complexity index is 462. The van der Waals surface area contributed by atoms with Gasteiger partial charge in [-0.25, -0.2) is 0 Å². The Labute approximate surface area is 156 Å². The molecule has 1 aliphatic heterocycles. The number of carbonyl (C=O) groups excluding carboxylic acids is 1. The van der Waals surface area contributed by atoms with Crippen LogP contribution in [0.3, 0.4) is 0 Å². The highest BCUT2D eigenvalue weighted by Crippen LogP contribution is 2.21. The molecule has 1 rings (SSSR count). The third-order valence-electron chi connectivity index (χ3n) is 4.17. The van der Waals surface area contributed by atoms with Crippen LogP contribution in [0.15, 0.2) is 0 Å². The predicted octanol–water partition coefficient (Wildman–Crippen LogP) is -2.56. The van der Waals surface area contributed by atoms with Crippen molar-refractivity contribution >= 4 is 11.9 Å². The molecule has 1 heterocycles. The normalized spacial score (nSPS) is 29.3. The third-order valence-corrected chi connectivity index (χ3v) is 4.17. The second-order valence-electron chi connectivity index (χ2n) is 6.30. The Balaban J connectivity index is 2.13. The number of aliphatic carboxylic acids is 1. The molecule has 0 aromatic carbocycles. The van der Waals surface area contributed by atoms with Gasteiger partial charge in [0.1, 0.15) is 24.4 Å². The van der Waals surface area contributed by atoms with Crippen molar-refractivity contribution in [1.82, 2.24) is 5.32 Å². The van der Waals surface area contributed by atoms with Crippen LogP contribution in [0.1, 0.15) is 19.8 Å². The van der Waals surface area contributed by atoms with Crippen LogP contribution in [-0.4, -0.2) is 101 Å². The number of ether oxygens (including phenoxy) is 3. The molecule has 3 unspecified atom stereocenters. The Morgan fingerprint density at radius 2 is 1.85 bits per heavy atom. The number of rotatable bonds is 12. The van der Waals surface area contributed by atoms with Crippen LogP contribution in [0.25, 0.3) is 0 Å². The number of aliphatic hydroxyl groups excluding tert-OH is 4. The van der Waals surface area contributed by atoms with Crippen molar-refractivity contribution in [1.29, 1.82) is 0 Å². The maximum Gasteiger partial charge on any atom is 0.303 e. The molecular weight excluding hydrogens is 366 g/mol. The summed E-state index contributed by atoms with van der Waals surface area (Å²) >= 11 is 0. The minimum Gasteiger partial charge on any atom is -0.481 e. The highest BCUT2D eigenvalue weighted by molar-refractivity contribution is 5.78. The van der Waals surface area contributed by atoms with E-state index < -0.39 is 49.2 Å². The van der Waals surface area contributed by atoms with Crippen LogP contribution in [0.5, 0.6) is 0 Å². The predicted molar refractivity (Wildman–Crippen MR) is 89.6 cm³/mol. The lowest BCUT2D eigenvalue weighted by Gasteiger charge is -2.39. The van der Waals surface area contributed by atoms with Gasteiger partial charge in [0.05, 0.1) is 26.4 Å². The summed E-state index contributed by atoms with van der Waals surface area (Å²) in [5.41, 5.74) is 0. The molecule has 1 aliphatic rings. The molecule has 11 nitrogen and oxygen atoms in total. The maximum absolute atomic E-state index is 11.7. The molecule has 0 aromatic rings. The Kier molecular flexibility index (Phi) is 10.7. The van der Waals surface area contributed by atoms with Gasteiger partial charge >= 0.3 is 5.97 Å². The fourth-order valence-electron chi connectivity index (χ4n) is 2.49. The lowest BCUT2D eigenvalue weighted by Crippen LogP contribution is -2.59. The molecule has 1 fully saturated rings. The van der Waals surface area contributed by atoms with Crippen LogP contribution in [-0.2, 0) is 23.8 Å². The van der Waals surface area contributed by atoms with E-state index in [-0.39, 0.29) is 45.1 Å². The summed E-state index contributed by atoms with van der Waals surface area (Å²) in [5.74, 6) is -1.61. The minimum atomic E-state index is -1.49. The van der Waals surface area contributed by atoms with Gasteiger partial charge in [0.25, 0.3) is 0 Å². The zero-order chi connectivity index (χ0) is 20.4. The average molecular weight is 395 g/mol. The Morgan fingerprint density at radius 1 is 1.15 bits per heavy atom. The topological polar surface area (TPSA) is 175 Å². The zero-order valence-electron chi connectivity index (χ0n) is 15.2. The molecule has 1 amide bonds. The number of carbonyl (C=O) groups is 2. The van der Waals surface area contributed by atoms with Gasteiger partial charge in [-0.2, -0.15) is 0 Å². The molecule has 0 saturated carbocycles. The smallest absolute Gasteiger partial charge is 0.303 e. The van der Waals surface area contributed by atoms with Crippen molar-refractivity contribution in [2.75, 3.05) is 33.0 Å². The van der Waals surface area contributed by atoms with Crippen molar-refractivity contribution in [3.8, 4) is 0 Å². The first-order valence-electron chi connectivity index (χ1n) is 8.77. The van der Waals surface area contributed by atoms with Crippen molar-refractivity contribution in [3.05, 3.63) is 0 Å². The number of hydrogen-bond donors (Lipinski definition) is 6. The van der Waals surface area contributed by atoms with Crippen LogP contribution >= 0.6 is 0 Å². The molecule has 0 aromatic heterocycles. The third kappa shape index (κ3) is 8.05. The SMILES string of the molecule is CC(CCC(=O)O)C(=O)NCCOCCOC1[C@H](O)OC(CO)[C@@H](O)[C@@H]1O. The molecule has 11 heteroatoms. The molecule has 27 heavy (non-hydrogen) atoms. The van der Waals surface area contributed by atoms with Gasteiger partial charge in [0.15, 0.2) is 6.29 Å². The minimum absolute atomic E-state index is 0.00161. The maximum atomic E-state index is 11.7. The molecule has 0 spiro atoms. The summed E-state index contributed by atoms with van der Waals surface area (Å²) < 4.78 is 15.5. The summed E-state index contributed by atoms with van der Waals surface area (Å²) in [4.78, 5) is 22.2. The summed E-state index contributed by atoms with van der Waals surface area (Å²) in [5, 5.41) is 49.5. The molecule has 0 radical (unpaired) electrons. The monoisotopic (exact) mass is 395 g/mol. The fourth-order valence-corrected chi connectivity index (χ4v) is 2.49. The molecular formula is C16H29NO10. The van der Waals surface area contributed by atoms with Gasteiger partial charge in [-0.05, 0) is 6.42 Å². The fraction of sp³-hybridized carbons (Fsp3) is 0.875. The van der Waals surface area contributed by atoms with Crippen molar-refractivity contribution in [3.63, 3.8) is 0 Å². The molecule has 0 aliphatic carbocycles. The number of aliphatic hydroxyl groups is 4. The van der Waals surface area contributed by atoms with Gasteiger partial charge in [0, 0.05) is 18.9 Å². The Hall–Kier alpha value is -1.34. The average Bonchev–Trinajstić information content (AvgIpc) is 2.63. The lowest BCUT2D eigenvalue weighted by atomic mass is 9.99. The van der Waals surface area contributed by atoms with E-state index in [0.717, 1.165) is 0 Å². The van der Waals surface area contributed by atoms with Crippen LogP contribution in [0.2, 0.25) is 0 Å². The van der Waals surface area contributed by atoms with Crippen molar-refractivity contribution in [2.24, 2.45) is 5.92 Å². The highest BCUT2D eigenvalue weighted by Gasteiger charge is 2.44. The Morgan fingerprint density at radius 3 is 2.48 bits per heavy atom. The molecule has 0 bridgehead atoms. The summed E-state index contributed by atoms with van der Waals surface area (Å²) in [6.45, 7) is 1.64. The quantitative estimate of drug-likeness (QED) is 0.193. The van der Waals surface area contributed by atoms with Crippen molar-refractivity contribution < 1.29 is 49.3 Å². The molecule has 158 valence electrons. The van der Waals surface area contributed by atoms with Gasteiger partial charge < -0.3 is 45.1 Å². The number of carboxylic acid groups (broad SMARTS) is 1. The van der Waals surface area contributed by atoms with Gasteiger partial charge in [0.2, 0.25) is 5.91 Å². The van der Waals surface area contributed by atoms with E-state index in [0.29, 0.717) is 0 Å². The van der Waals surface area contributed by atoms with E-state index in [1.165, 1.54) is 0 Å². The second kappa shape index (κ2) is 12.2. The summed E-state index contributed by atoms with van der Waals surface area (Å²) in [6.07, 6.45) is -6.38. The lowest BCUT2D eigenvalue weighted by molar-refractivity contribution is -0.297. The van der Waals surface area contributed by atoms with Crippen LogP contribution in [0.4, 0.5) is 0 Å². The first-order chi connectivity index (χ1) is 12.8. The molecule has 6 atom stereocenters. The van der Waals surface area contributed by atoms with E-state index in [4.69, 9.17) is 24.4 Å².